The largest absolute Gasteiger partial charge is 0.350 e. The third-order valence-corrected chi connectivity index (χ3v) is 3.45. The Morgan fingerprint density at radius 2 is 2.06 bits per heavy atom. The maximum atomic E-state index is 11.8. The van der Waals surface area contributed by atoms with Gasteiger partial charge in [0.25, 0.3) is 0 Å². The lowest BCUT2D eigenvalue weighted by Gasteiger charge is -2.33. The maximum Gasteiger partial charge on any atom is 0.220 e. The molecule has 0 aromatic heterocycles. The molecule has 0 aromatic carbocycles. The van der Waals surface area contributed by atoms with Crippen molar-refractivity contribution in [2.24, 2.45) is 17.6 Å². The molecule has 1 unspecified atom stereocenters. The van der Waals surface area contributed by atoms with E-state index in [0.29, 0.717) is 24.8 Å². The Bertz CT molecular complexity index is 242. The van der Waals surface area contributed by atoms with E-state index in [1.165, 1.54) is 19.3 Å². The van der Waals surface area contributed by atoms with Crippen LogP contribution < -0.4 is 11.1 Å². The van der Waals surface area contributed by atoms with Gasteiger partial charge in [-0.1, -0.05) is 20.3 Å². The first-order valence-electron chi connectivity index (χ1n) is 6.46. The molecule has 0 saturated heterocycles. The van der Waals surface area contributed by atoms with Gasteiger partial charge in [0.15, 0.2) is 0 Å². The standard InChI is InChI=1S/C13H26N2O.ClH/c1-10(2)8-13(3,9-14)15-12(16)7-11-5-4-6-11;/h10-11H,4-9,14H2,1-3H3,(H,15,16);1H. The van der Waals surface area contributed by atoms with E-state index in [1.54, 1.807) is 0 Å². The van der Waals surface area contributed by atoms with Gasteiger partial charge < -0.3 is 11.1 Å². The van der Waals surface area contributed by atoms with Gasteiger partial charge in [0.05, 0.1) is 0 Å². The molecule has 1 rings (SSSR count). The maximum absolute atomic E-state index is 11.8. The fraction of sp³-hybridized carbons (Fsp3) is 0.923. The van der Waals surface area contributed by atoms with Gasteiger partial charge in [0, 0.05) is 18.5 Å². The van der Waals surface area contributed by atoms with Crippen molar-refractivity contribution in [3.63, 3.8) is 0 Å². The Labute approximate surface area is 111 Å². The van der Waals surface area contributed by atoms with Crippen molar-refractivity contribution in [2.45, 2.75) is 58.4 Å². The Balaban J connectivity index is 0.00000256. The summed E-state index contributed by atoms with van der Waals surface area (Å²) in [4.78, 5) is 11.8. The van der Waals surface area contributed by atoms with Gasteiger partial charge in [-0.25, -0.2) is 0 Å². The van der Waals surface area contributed by atoms with Gasteiger partial charge in [0.1, 0.15) is 0 Å². The molecular formula is C13H27ClN2O. The molecule has 102 valence electrons. The number of carbonyl (C=O) groups is 1. The number of halogens is 1. The lowest BCUT2D eigenvalue weighted by Crippen LogP contribution is -2.52. The zero-order valence-corrected chi connectivity index (χ0v) is 12.1. The van der Waals surface area contributed by atoms with Crippen LogP contribution >= 0.6 is 12.4 Å². The predicted octanol–water partition coefficient (Wildman–Crippen LogP) is 2.48. The Hall–Kier alpha value is -0.280. The van der Waals surface area contributed by atoms with Crippen LogP contribution in [0.25, 0.3) is 0 Å². The summed E-state index contributed by atoms with van der Waals surface area (Å²) >= 11 is 0. The molecule has 3 nitrogen and oxygen atoms in total. The molecule has 0 aliphatic heterocycles. The minimum atomic E-state index is -0.227. The van der Waals surface area contributed by atoms with Crippen molar-refractivity contribution in [3.8, 4) is 0 Å². The second-order valence-corrected chi connectivity index (χ2v) is 5.91. The highest BCUT2D eigenvalue weighted by Crippen LogP contribution is 2.29. The highest BCUT2D eigenvalue weighted by molar-refractivity contribution is 5.85. The van der Waals surface area contributed by atoms with E-state index in [-0.39, 0.29) is 23.9 Å². The predicted molar refractivity (Wildman–Crippen MR) is 74.3 cm³/mol. The lowest BCUT2D eigenvalue weighted by molar-refractivity contribution is -0.124. The molecule has 0 aromatic rings. The molecule has 17 heavy (non-hydrogen) atoms. The van der Waals surface area contributed by atoms with Crippen LogP contribution in [0.15, 0.2) is 0 Å². The summed E-state index contributed by atoms with van der Waals surface area (Å²) in [6, 6.07) is 0. The van der Waals surface area contributed by atoms with Crippen molar-refractivity contribution in [1.29, 1.82) is 0 Å². The van der Waals surface area contributed by atoms with Gasteiger partial charge in [-0.05, 0) is 38.0 Å². The Morgan fingerprint density at radius 3 is 2.41 bits per heavy atom. The first kappa shape index (κ1) is 16.7. The Kier molecular flexibility index (Phi) is 7.10. The average molecular weight is 263 g/mol. The van der Waals surface area contributed by atoms with Crippen LogP contribution in [0.5, 0.6) is 0 Å². The minimum Gasteiger partial charge on any atom is -0.350 e. The molecule has 1 fully saturated rings. The fourth-order valence-corrected chi connectivity index (χ4v) is 2.43. The molecule has 3 N–H and O–H groups in total. The molecule has 1 amide bonds. The minimum absolute atomic E-state index is 0. The second kappa shape index (κ2) is 7.22. The molecule has 1 aliphatic carbocycles. The van der Waals surface area contributed by atoms with Crippen molar-refractivity contribution in [3.05, 3.63) is 0 Å². The molecular weight excluding hydrogens is 236 g/mol. The smallest absolute Gasteiger partial charge is 0.220 e. The molecule has 4 heteroatoms. The van der Waals surface area contributed by atoms with Crippen LogP contribution in [0.4, 0.5) is 0 Å². The van der Waals surface area contributed by atoms with Crippen molar-refractivity contribution >= 4 is 18.3 Å². The van der Waals surface area contributed by atoms with Crippen LogP contribution in [0, 0.1) is 11.8 Å². The topological polar surface area (TPSA) is 55.1 Å². The van der Waals surface area contributed by atoms with Gasteiger partial charge >= 0.3 is 0 Å². The van der Waals surface area contributed by atoms with Crippen LogP contribution in [0.3, 0.4) is 0 Å². The summed E-state index contributed by atoms with van der Waals surface area (Å²) in [5.41, 5.74) is 5.54. The lowest BCUT2D eigenvalue weighted by atomic mass is 9.82. The van der Waals surface area contributed by atoms with Crippen LogP contribution in [0.1, 0.15) is 52.9 Å². The first-order chi connectivity index (χ1) is 7.45. The Morgan fingerprint density at radius 1 is 1.47 bits per heavy atom. The zero-order chi connectivity index (χ0) is 12.2. The van der Waals surface area contributed by atoms with Gasteiger partial charge in [0.2, 0.25) is 5.91 Å². The molecule has 1 aliphatic rings. The van der Waals surface area contributed by atoms with Gasteiger partial charge in [-0.2, -0.15) is 0 Å². The third-order valence-electron chi connectivity index (χ3n) is 3.45. The average Bonchev–Trinajstić information content (AvgIpc) is 2.10. The van der Waals surface area contributed by atoms with Crippen molar-refractivity contribution in [1.82, 2.24) is 5.32 Å². The SMILES string of the molecule is CC(C)CC(C)(CN)NC(=O)CC1CCC1.Cl. The highest BCUT2D eigenvalue weighted by Gasteiger charge is 2.28. The van der Waals surface area contributed by atoms with Crippen LogP contribution in [-0.2, 0) is 4.79 Å². The summed E-state index contributed by atoms with van der Waals surface area (Å²) in [5, 5.41) is 3.11. The number of rotatable bonds is 6. The normalized spacial score (nSPS) is 19.1. The summed E-state index contributed by atoms with van der Waals surface area (Å²) in [6.45, 7) is 6.88. The van der Waals surface area contributed by atoms with E-state index >= 15 is 0 Å². The van der Waals surface area contributed by atoms with Crippen molar-refractivity contribution < 1.29 is 4.79 Å². The monoisotopic (exact) mass is 262 g/mol. The molecule has 1 saturated carbocycles. The van der Waals surface area contributed by atoms with E-state index in [1.807, 2.05) is 6.92 Å². The number of nitrogens with one attached hydrogen (secondary N) is 1. The third kappa shape index (κ3) is 5.73. The summed E-state index contributed by atoms with van der Waals surface area (Å²) in [5.74, 6) is 1.36. The number of amides is 1. The highest BCUT2D eigenvalue weighted by atomic mass is 35.5. The van der Waals surface area contributed by atoms with Crippen molar-refractivity contribution in [2.75, 3.05) is 6.54 Å². The molecule has 0 radical (unpaired) electrons. The van der Waals surface area contributed by atoms with Crippen LogP contribution in [0.2, 0.25) is 0 Å². The molecule has 1 atom stereocenters. The van der Waals surface area contributed by atoms with E-state index in [9.17, 15) is 4.79 Å². The quantitative estimate of drug-likeness (QED) is 0.773. The number of hydrogen-bond acceptors (Lipinski definition) is 2. The van der Waals surface area contributed by atoms with E-state index in [2.05, 4.69) is 19.2 Å². The zero-order valence-electron chi connectivity index (χ0n) is 11.3. The molecule has 0 heterocycles. The van der Waals surface area contributed by atoms with E-state index in [4.69, 9.17) is 5.73 Å². The fourth-order valence-electron chi connectivity index (χ4n) is 2.43. The second-order valence-electron chi connectivity index (χ2n) is 5.91. The molecule has 0 bridgehead atoms. The first-order valence-corrected chi connectivity index (χ1v) is 6.46. The summed E-state index contributed by atoms with van der Waals surface area (Å²) < 4.78 is 0. The van der Waals surface area contributed by atoms with Gasteiger partial charge in [-0.3, -0.25) is 4.79 Å². The number of nitrogens with two attached hydrogens (primary N) is 1. The molecule has 0 spiro atoms. The number of hydrogen-bond donors (Lipinski definition) is 2. The van der Waals surface area contributed by atoms with E-state index < -0.39 is 0 Å². The summed E-state index contributed by atoms with van der Waals surface area (Å²) in [6.07, 6.45) is 5.36. The van der Waals surface area contributed by atoms with E-state index in [0.717, 1.165) is 6.42 Å². The number of carbonyl (C=O) groups excluding carboxylic acids is 1. The summed E-state index contributed by atoms with van der Waals surface area (Å²) in [7, 11) is 0. The van der Waals surface area contributed by atoms with Gasteiger partial charge in [-0.15, -0.1) is 12.4 Å². The van der Waals surface area contributed by atoms with Crippen LogP contribution in [-0.4, -0.2) is 18.0 Å².